The maximum Gasteiger partial charge on any atom is 0.494 e. The Morgan fingerprint density at radius 3 is 1.57 bits per heavy atom. The smallest absolute Gasteiger partial charge is 0.399 e. The predicted molar refractivity (Wildman–Crippen MR) is 190 cm³/mol. The summed E-state index contributed by atoms with van der Waals surface area (Å²) >= 11 is 0. The standard InChI is InChI=1S/C44H35BO2/c1-41(2)42(3,4)47-45(46-41)29-25-26-32-30-17-8-11-21-35(30)44(39(32)27-29)37-23-13-12-22-36(37)43(28-15-6-5-7-16-28)34-20-10-9-18-31(34)33-19-14-24-38(44)40(33)43/h5-27H,1-4H3. The van der Waals surface area contributed by atoms with Crippen LogP contribution in [-0.4, -0.2) is 18.3 Å². The average Bonchev–Trinajstić information content (AvgIpc) is 3.65. The minimum absolute atomic E-state index is 0.421. The van der Waals surface area contributed by atoms with Crippen LogP contribution in [-0.2, 0) is 20.1 Å². The zero-order valence-corrected chi connectivity index (χ0v) is 27.2. The molecule has 0 N–H and O–H groups in total. The maximum atomic E-state index is 6.64. The molecular weight excluding hydrogens is 571 g/mol. The molecule has 1 heterocycles. The molecule has 10 rings (SSSR count). The summed E-state index contributed by atoms with van der Waals surface area (Å²) in [5.41, 5.74) is 15.2. The van der Waals surface area contributed by atoms with Gasteiger partial charge in [-0.05, 0) is 99.9 Å². The quantitative estimate of drug-likeness (QED) is 0.183. The van der Waals surface area contributed by atoms with Gasteiger partial charge in [0, 0.05) is 0 Å². The second kappa shape index (κ2) is 9.01. The summed E-state index contributed by atoms with van der Waals surface area (Å²) in [6.45, 7) is 8.51. The van der Waals surface area contributed by atoms with Gasteiger partial charge in [0.15, 0.2) is 0 Å². The molecule has 6 aromatic rings. The summed E-state index contributed by atoms with van der Waals surface area (Å²) in [5, 5.41) is 0. The van der Waals surface area contributed by atoms with E-state index in [1.807, 2.05) is 0 Å². The normalized spacial score (nSPS) is 23.2. The fourth-order valence-corrected chi connectivity index (χ4v) is 9.38. The molecule has 0 radical (unpaired) electrons. The van der Waals surface area contributed by atoms with Crippen molar-refractivity contribution in [2.75, 3.05) is 0 Å². The van der Waals surface area contributed by atoms with Crippen LogP contribution in [0.1, 0.15) is 72.2 Å². The number of hydrogen-bond donors (Lipinski definition) is 0. The SMILES string of the molecule is CC1(C)OB(c2ccc3c(c2)C2(c4ccccc4-3)c3ccccc3C3(c4ccccc4)c4ccccc4-c4cccc2c43)OC1(C)C. The van der Waals surface area contributed by atoms with E-state index in [2.05, 4.69) is 167 Å². The molecule has 1 aliphatic heterocycles. The van der Waals surface area contributed by atoms with Crippen molar-refractivity contribution in [1.82, 2.24) is 0 Å². The van der Waals surface area contributed by atoms with Gasteiger partial charge in [-0.3, -0.25) is 0 Å². The van der Waals surface area contributed by atoms with Gasteiger partial charge in [0.05, 0.1) is 22.0 Å². The molecule has 47 heavy (non-hydrogen) atoms. The highest BCUT2D eigenvalue weighted by Gasteiger charge is 2.60. The molecule has 2 atom stereocenters. The Balaban J connectivity index is 1.35. The van der Waals surface area contributed by atoms with E-state index < -0.39 is 29.2 Å². The van der Waals surface area contributed by atoms with Crippen molar-refractivity contribution in [1.29, 1.82) is 0 Å². The van der Waals surface area contributed by atoms with E-state index in [0.29, 0.717) is 0 Å². The van der Waals surface area contributed by atoms with Crippen LogP contribution in [0, 0.1) is 0 Å². The van der Waals surface area contributed by atoms with Crippen molar-refractivity contribution in [3.63, 3.8) is 0 Å². The molecule has 0 aromatic heterocycles. The lowest BCUT2D eigenvalue weighted by atomic mass is 9.52. The molecule has 6 aromatic carbocycles. The van der Waals surface area contributed by atoms with E-state index >= 15 is 0 Å². The first-order valence-corrected chi connectivity index (χ1v) is 16.8. The number of fused-ring (bicyclic) bond motifs is 12. The zero-order valence-electron chi connectivity index (χ0n) is 27.2. The first-order chi connectivity index (χ1) is 22.8. The predicted octanol–water partition coefficient (Wildman–Crippen LogP) is 9.03. The Hall–Kier alpha value is -4.70. The summed E-state index contributed by atoms with van der Waals surface area (Å²) in [7, 11) is -0.445. The van der Waals surface area contributed by atoms with Gasteiger partial charge >= 0.3 is 7.12 Å². The Kier molecular flexibility index (Phi) is 5.26. The van der Waals surface area contributed by atoms with Crippen LogP contribution in [0.3, 0.4) is 0 Å². The maximum absolute atomic E-state index is 6.64. The third-order valence-corrected chi connectivity index (χ3v) is 12.0. The summed E-state index contributed by atoms with van der Waals surface area (Å²) < 4.78 is 13.3. The van der Waals surface area contributed by atoms with Gasteiger partial charge in [-0.25, -0.2) is 0 Å². The van der Waals surface area contributed by atoms with E-state index in [0.717, 1.165) is 5.46 Å². The van der Waals surface area contributed by atoms with Gasteiger partial charge in [-0.15, -0.1) is 0 Å². The van der Waals surface area contributed by atoms with Crippen molar-refractivity contribution in [3.05, 3.63) is 184 Å². The molecule has 0 bridgehead atoms. The molecule has 3 heteroatoms. The van der Waals surface area contributed by atoms with E-state index in [4.69, 9.17) is 9.31 Å². The minimum Gasteiger partial charge on any atom is -0.399 e. The highest BCUT2D eigenvalue weighted by atomic mass is 16.7. The van der Waals surface area contributed by atoms with Gasteiger partial charge in [0.2, 0.25) is 0 Å². The van der Waals surface area contributed by atoms with Crippen molar-refractivity contribution in [3.8, 4) is 22.3 Å². The van der Waals surface area contributed by atoms with Crippen molar-refractivity contribution >= 4 is 12.6 Å². The summed E-state index contributed by atoms with van der Waals surface area (Å²) in [6, 6.07) is 52.5. The summed E-state index contributed by atoms with van der Waals surface area (Å²) in [4.78, 5) is 0. The first kappa shape index (κ1) is 27.4. The third kappa shape index (κ3) is 3.15. The fraction of sp³-hybridized carbons (Fsp3) is 0.182. The summed E-state index contributed by atoms with van der Waals surface area (Å²) in [6.07, 6.45) is 0. The van der Waals surface area contributed by atoms with Crippen LogP contribution in [0.5, 0.6) is 0 Å². The van der Waals surface area contributed by atoms with Crippen molar-refractivity contribution in [2.45, 2.75) is 49.7 Å². The lowest BCUT2D eigenvalue weighted by molar-refractivity contribution is 0.00578. The molecular formula is C44H35BO2. The van der Waals surface area contributed by atoms with Gasteiger partial charge in [0.1, 0.15) is 0 Å². The number of rotatable bonds is 2. The molecule has 2 unspecified atom stereocenters. The molecule has 0 amide bonds. The third-order valence-electron chi connectivity index (χ3n) is 12.0. The molecule has 226 valence electrons. The largest absolute Gasteiger partial charge is 0.494 e. The van der Waals surface area contributed by atoms with Crippen molar-refractivity contribution < 1.29 is 9.31 Å². The van der Waals surface area contributed by atoms with Gasteiger partial charge in [-0.2, -0.15) is 0 Å². The molecule has 3 aliphatic carbocycles. The zero-order chi connectivity index (χ0) is 31.8. The minimum atomic E-state index is -0.520. The number of hydrogen-bond acceptors (Lipinski definition) is 2. The van der Waals surface area contributed by atoms with E-state index in [-0.39, 0.29) is 0 Å². The monoisotopic (exact) mass is 606 g/mol. The van der Waals surface area contributed by atoms with E-state index in [1.165, 1.54) is 66.8 Å². The fourth-order valence-electron chi connectivity index (χ4n) is 9.38. The molecule has 0 saturated carbocycles. The second-order valence-electron chi connectivity index (χ2n) is 14.6. The van der Waals surface area contributed by atoms with Gasteiger partial charge in [0.25, 0.3) is 0 Å². The average molecular weight is 607 g/mol. The van der Waals surface area contributed by atoms with Crippen LogP contribution in [0.15, 0.2) is 140 Å². The highest BCUT2D eigenvalue weighted by Crippen LogP contribution is 2.68. The molecule has 1 spiro atoms. The Morgan fingerprint density at radius 1 is 0.404 bits per heavy atom. The van der Waals surface area contributed by atoms with Crippen LogP contribution >= 0.6 is 0 Å². The molecule has 1 saturated heterocycles. The lowest BCUT2D eigenvalue weighted by Crippen LogP contribution is -2.44. The second-order valence-corrected chi connectivity index (χ2v) is 14.6. The molecule has 2 nitrogen and oxygen atoms in total. The van der Waals surface area contributed by atoms with E-state index in [9.17, 15) is 0 Å². The Labute approximate surface area is 277 Å². The van der Waals surface area contributed by atoms with Gasteiger partial charge < -0.3 is 9.31 Å². The molecule has 4 aliphatic rings. The lowest BCUT2D eigenvalue weighted by Gasteiger charge is -2.48. The van der Waals surface area contributed by atoms with Gasteiger partial charge in [-0.1, -0.05) is 140 Å². The van der Waals surface area contributed by atoms with Crippen LogP contribution in [0.2, 0.25) is 0 Å². The van der Waals surface area contributed by atoms with Crippen LogP contribution < -0.4 is 5.46 Å². The number of benzene rings is 6. The summed E-state index contributed by atoms with van der Waals surface area (Å²) in [5.74, 6) is 0. The van der Waals surface area contributed by atoms with E-state index in [1.54, 1.807) is 0 Å². The Morgan fingerprint density at radius 2 is 0.894 bits per heavy atom. The van der Waals surface area contributed by atoms with Crippen molar-refractivity contribution in [2.24, 2.45) is 0 Å². The highest BCUT2D eigenvalue weighted by molar-refractivity contribution is 6.62. The molecule has 1 fully saturated rings. The first-order valence-electron chi connectivity index (χ1n) is 16.8. The van der Waals surface area contributed by atoms with Crippen LogP contribution in [0.25, 0.3) is 22.3 Å². The van der Waals surface area contributed by atoms with Crippen LogP contribution in [0.4, 0.5) is 0 Å². The Bertz CT molecular complexity index is 2270. The topological polar surface area (TPSA) is 18.5 Å².